The molecule has 146 valence electrons. The molecule has 0 unspecified atom stereocenters. The molecule has 27 heavy (non-hydrogen) atoms. The lowest BCUT2D eigenvalue weighted by Crippen LogP contribution is -2.32. The topological polar surface area (TPSA) is 131 Å². The first-order chi connectivity index (χ1) is 13.0. The van der Waals surface area contributed by atoms with Crippen LogP contribution < -0.4 is 10.2 Å². The maximum absolute atomic E-state index is 12.8. The molecule has 3 rings (SSSR count). The molecule has 0 bridgehead atoms. The molecule has 0 aromatic carbocycles. The van der Waals surface area contributed by atoms with Crippen LogP contribution in [0.25, 0.3) is 11.3 Å². The van der Waals surface area contributed by atoms with Crippen molar-refractivity contribution in [1.82, 2.24) is 29.6 Å². The minimum atomic E-state index is -3.96. The number of carbonyl (C=O) groups excluding carboxylic acids is 1. The van der Waals surface area contributed by atoms with Gasteiger partial charge in [-0.3, -0.25) is 14.7 Å². The highest BCUT2D eigenvalue weighted by atomic mass is 32.2. The van der Waals surface area contributed by atoms with Gasteiger partial charge in [0, 0.05) is 23.4 Å². The summed E-state index contributed by atoms with van der Waals surface area (Å²) in [6, 6.07) is 0. The lowest BCUT2D eigenvalue weighted by molar-refractivity contribution is 0.0415. The van der Waals surface area contributed by atoms with Gasteiger partial charge in [-0.2, -0.15) is 23.3 Å². The van der Waals surface area contributed by atoms with Crippen LogP contribution in [0.2, 0.25) is 0 Å². The molecule has 0 saturated carbocycles. The molecule has 1 aliphatic rings. The molecular formula is C16H22N6O4S. The predicted molar refractivity (Wildman–Crippen MR) is 98.1 cm³/mol. The number of H-pyrrole nitrogens is 1. The number of nitrogens with zero attached hydrogens (tertiary/aromatic N) is 3. The molecule has 0 fully saturated rings. The average Bonchev–Trinajstić information content (AvgIpc) is 3.26. The summed E-state index contributed by atoms with van der Waals surface area (Å²) in [4.78, 5) is 17.4. The highest BCUT2D eigenvalue weighted by Crippen LogP contribution is 2.35. The maximum Gasteiger partial charge on any atom is 0.321 e. The summed E-state index contributed by atoms with van der Waals surface area (Å²) < 4.78 is 29.0. The maximum atomic E-state index is 12.8. The summed E-state index contributed by atoms with van der Waals surface area (Å²) >= 11 is 0. The number of nitrogens with one attached hydrogen (secondary N) is 3. The second kappa shape index (κ2) is 8.03. The summed E-state index contributed by atoms with van der Waals surface area (Å²) in [5.41, 5.74) is 4.60. The summed E-state index contributed by atoms with van der Waals surface area (Å²) in [7, 11) is -3.96. The van der Waals surface area contributed by atoms with Gasteiger partial charge in [0.2, 0.25) is 0 Å². The minimum Gasteiger partial charge on any atom is -0.282 e. The Morgan fingerprint density at radius 1 is 1.48 bits per heavy atom. The molecule has 1 aliphatic carbocycles. The zero-order valence-corrected chi connectivity index (χ0v) is 15.8. The van der Waals surface area contributed by atoms with Crippen LogP contribution >= 0.6 is 0 Å². The lowest BCUT2D eigenvalue weighted by atomic mass is 9.94. The standard InChI is InChI=1S/C16H22N6O4S/c1-3-5-8-18-27(24,25)22-15-11(6-7-13-12(15)10-17-19-13)14(20-22)16(23)21-26-9-4-2/h4,10,18H,2-3,5-9H2,1H3,(H,17,19)(H,21,23). The summed E-state index contributed by atoms with van der Waals surface area (Å²) in [5, 5.41) is 11.0. The first-order valence-corrected chi connectivity index (χ1v) is 10.1. The molecule has 1 amide bonds. The Labute approximate surface area is 157 Å². The van der Waals surface area contributed by atoms with Gasteiger partial charge in [-0.05, 0) is 19.3 Å². The summed E-state index contributed by atoms with van der Waals surface area (Å²) in [6.07, 6.45) is 5.63. The number of hydrogen-bond acceptors (Lipinski definition) is 6. The molecule has 3 N–H and O–H groups in total. The van der Waals surface area contributed by atoms with Gasteiger partial charge in [0.05, 0.1) is 18.5 Å². The van der Waals surface area contributed by atoms with E-state index in [4.69, 9.17) is 4.84 Å². The fraction of sp³-hybridized carbons (Fsp3) is 0.438. The fourth-order valence-electron chi connectivity index (χ4n) is 2.90. The van der Waals surface area contributed by atoms with Crippen LogP contribution in [0.1, 0.15) is 41.5 Å². The quantitative estimate of drug-likeness (QED) is 0.326. The molecule has 2 aromatic rings. The number of amides is 1. The molecule has 0 radical (unpaired) electrons. The molecule has 10 nitrogen and oxygen atoms in total. The predicted octanol–water partition coefficient (Wildman–Crippen LogP) is 0.702. The van der Waals surface area contributed by atoms with Crippen molar-refractivity contribution in [3.8, 4) is 11.3 Å². The smallest absolute Gasteiger partial charge is 0.282 e. The van der Waals surface area contributed by atoms with Crippen molar-refractivity contribution in [2.24, 2.45) is 0 Å². The van der Waals surface area contributed by atoms with Crippen LogP contribution in [0.15, 0.2) is 18.9 Å². The molecule has 0 aliphatic heterocycles. The Hall–Kier alpha value is -2.50. The zero-order valence-electron chi connectivity index (χ0n) is 15.0. The van der Waals surface area contributed by atoms with Crippen LogP contribution in [0.5, 0.6) is 0 Å². The van der Waals surface area contributed by atoms with Gasteiger partial charge in [-0.1, -0.05) is 19.4 Å². The number of aromatic nitrogens is 4. The molecular weight excluding hydrogens is 372 g/mol. The monoisotopic (exact) mass is 394 g/mol. The molecule has 2 heterocycles. The van der Waals surface area contributed by atoms with E-state index in [-0.39, 0.29) is 18.8 Å². The van der Waals surface area contributed by atoms with Gasteiger partial charge in [0.15, 0.2) is 5.69 Å². The van der Waals surface area contributed by atoms with Crippen LogP contribution in [0.3, 0.4) is 0 Å². The van der Waals surface area contributed by atoms with Gasteiger partial charge in [-0.25, -0.2) is 5.48 Å². The number of unbranched alkanes of at least 4 members (excludes halogenated alkanes) is 1. The zero-order chi connectivity index (χ0) is 19.4. The van der Waals surface area contributed by atoms with Crippen molar-refractivity contribution in [1.29, 1.82) is 0 Å². The second-order valence-electron chi connectivity index (χ2n) is 6.06. The number of aryl methyl sites for hydroxylation is 1. The van der Waals surface area contributed by atoms with Crippen LogP contribution in [-0.4, -0.2) is 46.9 Å². The van der Waals surface area contributed by atoms with Crippen molar-refractivity contribution in [2.45, 2.75) is 32.6 Å². The number of fused-ring (bicyclic) bond motifs is 3. The van der Waals surface area contributed by atoms with Crippen molar-refractivity contribution in [2.75, 3.05) is 13.2 Å². The lowest BCUT2D eigenvalue weighted by Gasteiger charge is -2.15. The summed E-state index contributed by atoms with van der Waals surface area (Å²) in [6.45, 7) is 5.87. The van der Waals surface area contributed by atoms with Crippen LogP contribution in [0, 0.1) is 0 Å². The fourth-order valence-corrected chi connectivity index (χ4v) is 4.06. The van der Waals surface area contributed by atoms with Gasteiger partial charge >= 0.3 is 10.2 Å². The van der Waals surface area contributed by atoms with Crippen LogP contribution in [-0.2, 0) is 27.9 Å². The largest absolute Gasteiger partial charge is 0.321 e. The van der Waals surface area contributed by atoms with E-state index in [9.17, 15) is 13.2 Å². The van der Waals surface area contributed by atoms with Gasteiger partial charge in [0.1, 0.15) is 0 Å². The molecule has 0 atom stereocenters. The van der Waals surface area contributed by atoms with Gasteiger partial charge in [-0.15, -0.1) is 10.7 Å². The van der Waals surface area contributed by atoms with E-state index >= 15 is 0 Å². The molecule has 11 heteroatoms. The van der Waals surface area contributed by atoms with Crippen molar-refractivity contribution >= 4 is 16.1 Å². The van der Waals surface area contributed by atoms with E-state index < -0.39 is 16.1 Å². The van der Waals surface area contributed by atoms with E-state index in [1.807, 2.05) is 6.92 Å². The number of hydroxylamine groups is 1. The first-order valence-electron chi connectivity index (χ1n) is 8.67. The Bertz CT molecular complexity index is 946. The van der Waals surface area contributed by atoms with E-state index in [1.54, 1.807) is 6.20 Å². The normalized spacial score (nSPS) is 13.1. The molecule has 0 saturated heterocycles. The van der Waals surface area contributed by atoms with Gasteiger partial charge in [0.25, 0.3) is 5.91 Å². The highest BCUT2D eigenvalue weighted by Gasteiger charge is 2.33. The number of rotatable bonds is 9. The first kappa shape index (κ1) is 19.3. The Kier molecular flexibility index (Phi) is 5.73. The highest BCUT2D eigenvalue weighted by molar-refractivity contribution is 7.88. The van der Waals surface area contributed by atoms with E-state index in [0.29, 0.717) is 36.1 Å². The van der Waals surface area contributed by atoms with Crippen LogP contribution in [0.4, 0.5) is 0 Å². The third-order valence-electron chi connectivity index (χ3n) is 4.18. The Balaban J connectivity index is 2.03. The molecule has 0 spiro atoms. The minimum absolute atomic E-state index is 0.0155. The molecule has 2 aromatic heterocycles. The van der Waals surface area contributed by atoms with Crippen molar-refractivity contribution in [3.05, 3.63) is 35.8 Å². The second-order valence-corrected chi connectivity index (χ2v) is 7.65. The SMILES string of the molecule is C=CCONC(=O)c1nn(S(=O)(=O)NCCCC)c2c1CCc1[nH]ncc1-2. The van der Waals surface area contributed by atoms with Gasteiger partial charge < -0.3 is 0 Å². The third kappa shape index (κ3) is 3.80. The Morgan fingerprint density at radius 3 is 3.04 bits per heavy atom. The Morgan fingerprint density at radius 2 is 2.30 bits per heavy atom. The summed E-state index contributed by atoms with van der Waals surface area (Å²) in [5.74, 6) is -0.609. The van der Waals surface area contributed by atoms with Crippen molar-refractivity contribution in [3.63, 3.8) is 0 Å². The van der Waals surface area contributed by atoms with E-state index in [0.717, 1.165) is 16.2 Å². The van der Waals surface area contributed by atoms with Crippen molar-refractivity contribution < 1.29 is 18.0 Å². The van der Waals surface area contributed by atoms with E-state index in [1.165, 1.54) is 6.08 Å². The third-order valence-corrected chi connectivity index (χ3v) is 5.46. The average molecular weight is 394 g/mol. The number of carbonyl (C=O) groups is 1. The number of aromatic amines is 1. The number of hydrogen-bond donors (Lipinski definition) is 3. The van der Waals surface area contributed by atoms with E-state index in [2.05, 4.69) is 32.1 Å².